The van der Waals surface area contributed by atoms with Gasteiger partial charge in [-0.05, 0) is 127 Å². The lowest BCUT2D eigenvalue weighted by molar-refractivity contribution is -0.155. The summed E-state index contributed by atoms with van der Waals surface area (Å²) in [7, 11) is 0. The van der Waals surface area contributed by atoms with Gasteiger partial charge in [-0.15, -0.1) is 6.58 Å². The van der Waals surface area contributed by atoms with E-state index < -0.39 is 17.8 Å². The molecule has 9 heteroatoms. The zero-order valence-corrected chi connectivity index (χ0v) is 30.4. The van der Waals surface area contributed by atoms with Crippen LogP contribution in [0.2, 0.25) is 0 Å². The fourth-order valence-corrected chi connectivity index (χ4v) is 4.64. The first-order valence-corrected chi connectivity index (χ1v) is 16.5. The molecule has 2 atom stereocenters. The molecule has 0 radical (unpaired) electrons. The molecular formula is C38H49BrN2O6. The molecule has 47 heavy (non-hydrogen) atoms. The molecule has 2 aromatic heterocycles. The Kier molecular flexibility index (Phi) is 15.2. The molecule has 0 aliphatic heterocycles. The number of carbonyl (C=O) groups excluding carboxylic acids is 2. The van der Waals surface area contributed by atoms with Gasteiger partial charge in [0, 0.05) is 34.1 Å². The second-order valence-corrected chi connectivity index (χ2v) is 14.2. The Morgan fingerprint density at radius 2 is 1.30 bits per heavy atom. The highest BCUT2D eigenvalue weighted by Gasteiger charge is 2.16. The van der Waals surface area contributed by atoms with E-state index >= 15 is 0 Å². The number of esters is 2. The predicted octanol–water partition coefficient (Wildman–Crippen LogP) is 8.91. The number of aliphatic hydroxyl groups is 2. The highest BCUT2D eigenvalue weighted by molar-refractivity contribution is 9.10. The highest BCUT2D eigenvalue weighted by atomic mass is 79.9. The molecule has 2 heterocycles. The topological polar surface area (TPSA) is 119 Å². The number of hydrogen-bond donors (Lipinski definition) is 2. The lowest BCUT2D eigenvalue weighted by atomic mass is 10.0. The van der Waals surface area contributed by atoms with Gasteiger partial charge in [0.1, 0.15) is 11.2 Å². The summed E-state index contributed by atoms with van der Waals surface area (Å²) >= 11 is 3.40. The largest absolute Gasteiger partial charge is 0.460 e. The van der Waals surface area contributed by atoms with Crippen molar-refractivity contribution in [2.24, 2.45) is 0 Å². The van der Waals surface area contributed by atoms with E-state index in [9.17, 15) is 19.8 Å². The van der Waals surface area contributed by atoms with Gasteiger partial charge in [-0.2, -0.15) is 0 Å². The number of carbonyl (C=O) groups is 2. The molecule has 0 saturated heterocycles. The SMILES string of the molecule is C=CCC(=O)OC(C)(C)C.C[C@@H](O)c1cnc2ccc(Br)cc2c1.C[C@@H](O)c1cnc2ccc(CCCC(=O)OC(C)(C)C)cc2c1. The van der Waals surface area contributed by atoms with E-state index in [0.717, 1.165) is 55.8 Å². The zero-order valence-electron chi connectivity index (χ0n) is 28.8. The lowest BCUT2D eigenvalue weighted by Crippen LogP contribution is -2.23. The Morgan fingerprint density at radius 1 is 0.809 bits per heavy atom. The molecule has 254 valence electrons. The molecule has 2 aromatic carbocycles. The van der Waals surface area contributed by atoms with Gasteiger partial charge in [-0.25, -0.2) is 0 Å². The second kappa shape index (κ2) is 18.0. The maximum Gasteiger partial charge on any atom is 0.310 e. The normalized spacial score (nSPS) is 12.6. The van der Waals surface area contributed by atoms with Crippen LogP contribution < -0.4 is 0 Å². The molecule has 8 nitrogen and oxygen atoms in total. The fraction of sp³-hybridized carbons (Fsp3) is 0.421. The first kappa shape index (κ1) is 39.5. The zero-order chi connectivity index (χ0) is 35.4. The van der Waals surface area contributed by atoms with Crippen molar-refractivity contribution in [3.05, 3.63) is 94.7 Å². The average molecular weight is 710 g/mol. The van der Waals surface area contributed by atoms with Crippen LogP contribution >= 0.6 is 15.9 Å². The Labute approximate surface area is 287 Å². The first-order valence-electron chi connectivity index (χ1n) is 15.7. The van der Waals surface area contributed by atoms with E-state index in [4.69, 9.17) is 9.47 Å². The van der Waals surface area contributed by atoms with Crippen molar-refractivity contribution in [1.29, 1.82) is 0 Å². The standard InChI is InChI=1S/C19H25NO3.C11H10BrNO.C8H14O2/c1-13(21)16-11-15-10-14(8-9-17(15)20-12-16)6-5-7-18(22)23-19(2,3)4;1-7(14)9-4-8-5-10(12)2-3-11(8)13-6-9;1-5-6-7(9)10-8(2,3)4/h8-13,21H,5-7H2,1-4H3;2-7,14H,1H3;5H,1,6H2,2-4H3/t13-;7-;/m11./s1. The summed E-state index contributed by atoms with van der Waals surface area (Å²) in [5, 5.41) is 21.1. The van der Waals surface area contributed by atoms with Crippen molar-refractivity contribution < 1.29 is 29.3 Å². The van der Waals surface area contributed by atoms with E-state index in [0.29, 0.717) is 6.42 Å². The van der Waals surface area contributed by atoms with Gasteiger partial charge in [0.2, 0.25) is 0 Å². The molecule has 0 spiro atoms. The van der Waals surface area contributed by atoms with E-state index in [-0.39, 0.29) is 24.0 Å². The Morgan fingerprint density at radius 3 is 1.79 bits per heavy atom. The van der Waals surface area contributed by atoms with E-state index in [1.165, 1.54) is 6.08 Å². The molecule has 2 N–H and O–H groups in total. The smallest absolute Gasteiger partial charge is 0.310 e. The minimum Gasteiger partial charge on any atom is -0.460 e. The molecule has 0 unspecified atom stereocenters. The quantitative estimate of drug-likeness (QED) is 0.138. The second-order valence-electron chi connectivity index (χ2n) is 13.3. The van der Waals surface area contributed by atoms with Crippen LogP contribution in [0.1, 0.15) is 104 Å². The number of halogens is 1. The number of aliphatic hydroxyl groups excluding tert-OH is 2. The molecule has 0 aliphatic rings. The third-order valence-corrected chi connectivity index (χ3v) is 6.89. The van der Waals surface area contributed by atoms with Gasteiger partial charge in [0.15, 0.2) is 0 Å². The van der Waals surface area contributed by atoms with Gasteiger partial charge < -0.3 is 19.7 Å². The summed E-state index contributed by atoms with van der Waals surface area (Å²) in [5.41, 5.74) is 3.86. The van der Waals surface area contributed by atoms with Crippen LogP contribution in [0.4, 0.5) is 0 Å². The summed E-state index contributed by atoms with van der Waals surface area (Å²) in [6.07, 6.45) is 6.23. The molecule has 0 saturated carbocycles. The van der Waals surface area contributed by atoms with Crippen molar-refractivity contribution in [3.8, 4) is 0 Å². The number of benzene rings is 2. The van der Waals surface area contributed by atoms with E-state index in [2.05, 4.69) is 38.5 Å². The van der Waals surface area contributed by atoms with Crippen molar-refractivity contribution in [2.45, 2.75) is 104 Å². The maximum atomic E-state index is 11.7. The number of aryl methyl sites for hydroxylation is 1. The molecule has 0 aliphatic carbocycles. The predicted molar refractivity (Wildman–Crippen MR) is 192 cm³/mol. The minimum absolute atomic E-state index is 0.156. The minimum atomic E-state index is -0.525. The summed E-state index contributed by atoms with van der Waals surface area (Å²) in [6.45, 7) is 18.0. The third-order valence-electron chi connectivity index (χ3n) is 6.39. The van der Waals surface area contributed by atoms with Crippen LogP contribution in [0, 0.1) is 0 Å². The number of fused-ring (bicyclic) bond motifs is 2. The van der Waals surface area contributed by atoms with Crippen molar-refractivity contribution in [3.63, 3.8) is 0 Å². The van der Waals surface area contributed by atoms with Crippen LogP contribution in [-0.4, -0.2) is 43.3 Å². The highest BCUT2D eigenvalue weighted by Crippen LogP contribution is 2.22. The summed E-state index contributed by atoms with van der Waals surface area (Å²) < 4.78 is 11.3. The molecule has 0 amide bonds. The number of aromatic nitrogens is 2. The number of ether oxygens (including phenoxy) is 2. The number of hydrogen-bond acceptors (Lipinski definition) is 8. The number of nitrogens with zero attached hydrogens (tertiary/aromatic N) is 2. The van der Waals surface area contributed by atoms with Gasteiger partial charge in [-0.1, -0.05) is 28.1 Å². The molecule has 0 fully saturated rings. The fourth-order valence-electron chi connectivity index (χ4n) is 4.26. The van der Waals surface area contributed by atoms with Crippen LogP contribution in [0.25, 0.3) is 21.8 Å². The van der Waals surface area contributed by atoms with Crippen molar-refractivity contribution >= 4 is 49.7 Å². The average Bonchev–Trinajstić information content (AvgIpc) is 2.95. The van der Waals surface area contributed by atoms with Crippen LogP contribution in [0.3, 0.4) is 0 Å². The van der Waals surface area contributed by atoms with E-state index in [1.807, 2.05) is 84.0 Å². The van der Waals surface area contributed by atoms with Crippen molar-refractivity contribution in [1.82, 2.24) is 9.97 Å². The van der Waals surface area contributed by atoms with Gasteiger partial charge in [0.25, 0.3) is 0 Å². The maximum absolute atomic E-state index is 11.7. The van der Waals surface area contributed by atoms with E-state index in [1.54, 1.807) is 26.2 Å². The number of pyridine rings is 2. The third kappa shape index (κ3) is 15.2. The summed E-state index contributed by atoms with van der Waals surface area (Å²) in [6, 6.07) is 15.9. The van der Waals surface area contributed by atoms with Crippen LogP contribution in [-0.2, 0) is 25.5 Å². The summed E-state index contributed by atoms with van der Waals surface area (Å²) in [4.78, 5) is 31.1. The molecule has 4 rings (SSSR count). The van der Waals surface area contributed by atoms with Crippen LogP contribution in [0.5, 0.6) is 0 Å². The molecule has 4 aromatic rings. The summed E-state index contributed by atoms with van der Waals surface area (Å²) in [5.74, 6) is -0.376. The number of rotatable bonds is 8. The first-order chi connectivity index (χ1) is 21.9. The van der Waals surface area contributed by atoms with Gasteiger partial charge in [0.05, 0.1) is 29.7 Å². The van der Waals surface area contributed by atoms with Gasteiger partial charge >= 0.3 is 11.9 Å². The Hall–Kier alpha value is -3.66. The van der Waals surface area contributed by atoms with Crippen LogP contribution in [0.15, 0.2) is 78.1 Å². The monoisotopic (exact) mass is 708 g/mol. The Balaban J connectivity index is 0.000000272. The lowest BCUT2D eigenvalue weighted by Gasteiger charge is -2.19. The molecule has 0 bridgehead atoms. The van der Waals surface area contributed by atoms with Crippen molar-refractivity contribution in [2.75, 3.05) is 0 Å². The van der Waals surface area contributed by atoms with Gasteiger partial charge in [-0.3, -0.25) is 19.6 Å². The Bertz CT molecular complexity index is 1640. The molecular weight excluding hydrogens is 660 g/mol.